The number of carbonyl (C=O) groups excluding carboxylic acids is 1. The first-order chi connectivity index (χ1) is 14.0. The van der Waals surface area contributed by atoms with Crippen molar-refractivity contribution in [3.05, 3.63) is 74.9 Å². The van der Waals surface area contributed by atoms with Crippen molar-refractivity contribution < 1.29 is 4.79 Å². The summed E-state index contributed by atoms with van der Waals surface area (Å²) in [6.07, 6.45) is 7.05. The highest BCUT2D eigenvalue weighted by Crippen LogP contribution is 2.27. The topological polar surface area (TPSA) is 64.9 Å². The molecule has 1 aliphatic rings. The van der Waals surface area contributed by atoms with E-state index in [2.05, 4.69) is 35.8 Å². The first-order valence-electron chi connectivity index (χ1n) is 9.76. The third-order valence-corrected chi connectivity index (χ3v) is 5.70. The first-order valence-corrected chi connectivity index (χ1v) is 10.5. The molecular formula is C23H23Cl2N3O. The van der Waals surface area contributed by atoms with E-state index < -0.39 is 5.91 Å². The molecule has 0 aromatic heterocycles. The average Bonchev–Trinajstić information content (AvgIpc) is 2.73. The molecule has 1 atom stereocenters. The number of nitrogens with zero attached hydrogens (tertiary/aromatic N) is 1. The van der Waals surface area contributed by atoms with E-state index >= 15 is 0 Å². The van der Waals surface area contributed by atoms with Gasteiger partial charge in [-0.1, -0.05) is 48.3 Å². The number of aryl methyl sites for hydroxylation is 2. The number of nitrogens with one attached hydrogen (secondary N) is 2. The molecule has 0 heterocycles. The summed E-state index contributed by atoms with van der Waals surface area (Å²) in [5, 5.41) is 16.1. The van der Waals surface area contributed by atoms with Gasteiger partial charge in [-0.3, -0.25) is 4.79 Å². The summed E-state index contributed by atoms with van der Waals surface area (Å²) in [6, 6.07) is 13.3. The summed E-state index contributed by atoms with van der Waals surface area (Å²) in [7, 11) is 0. The molecule has 2 aromatic rings. The molecule has 2 aromatic carbocycles. The number of carbonyl (C=O) groups is 1. The number of hydrogen-bond acceptors (Lipinski definition) is 3. The number of fused-ring (bicyclic) bond motifs is 1. The molecule has 0 radical (unpaired) electrons. The first kappa shape index (κ1) is 21.2. The summed E-state index contributed by atoms with van der Waals surface area (Å²) in [4.78, 5) is 12.5. The van der Waals surface area contributed by atoms with Gasteiger partial charge in [0.1, 0.15) is 11.6 Å². The Labute approximate surface area is 181 Å². The van der Waals surface area contributed by atoms with Crippen LogP contribution in [0.1, 0.15) is 48.9 Å². The van der Waals surface area contributed by atoms with Crippen LogP contribution in [0, 0.1) is 11.3 Å². The van der Waals surface area contributed by atoms with Gasteiger partial charge in [0, 0.05) is 11.2 Å². The Morgan fingerprint density at radius 2 is 1.93 bits per heavy atom. The number of nitriles is 1. The van der Waals surface area contributed by atoms with Gasteiger partial charge in [0.2, 0.25) is 0 Å². The van der Waals surface area contributed by atoms with Crippen LogP contribution in [0.15, 0.2) is 48.2 Å². The Hall–Kier alpha value is -2.48. The van der Waals surface area contributed by atoms with Crippen molar-refractivity contribution in [2.24, 2.45) is 0 Å². The van der Waals surface area contributed by atoms with E-state index in [4.69, 9.17) is 23.2 Å². The highest BCUT2D eigenvalue weighted by Gasteiger charge is 2.15. The second kappa shape index (κ2) is 9.82. The molecule has 0 bridgehead atoms. The zero-order chi connectivity index (χ0) is 20.8. The van der Waals surface area contributed by atoms with Crippen LogP contribution in [0.3, 0.4) is 0 Å². The number of benzene rings is 2. The molecule has 0 aliphatic heterocycles. The van der Waals surface area contributed by atoms with E-state index in [-0.39, 0.29) is 11.6 Å². The molecule has 29 heavy (non-hydrogen) atoms. The van der Waals surface area contributed by atoms with Gasteiger partial charge in [0.15, 0.2) is 0 Å². The standard InChI is InChI=1S/C23H23Cl2N3O/c1-2-21(17-8-7-15-5-3-4-6-16(15)11-17)27-14-18(13-26)23(29)28-22-10-9-19(24)12-20(22)25/h7-12,14,21,27H,2-6H2,1H3,(H,28,29)/b18-14-. The molecule has 0 saturated heterocycles. The van der Waals surface area contributed by atoms with Crippen molar-refractivity contribution in [2.75, 3.05) is 5.32 Å². The van der Waals surface area contributed by atoms with Crippen LogP contribution in [0.2, 0.25) is 10.0 Å². The Morgan fingerprint density at radius 1 is 1.17 bits per heavy atom. The van der Waals surface area contributed by atoms with Crippen LogP contribution in [-0.4, -0.2) is 5.91 Å². The van der Waals surface area contributed by atoms with Crippen LogP contribution in [-0.2, 0) is 17.6 Å². The van der Waals surface area contributed by atoms with Gasteiger partial charge >= 0.3 is 0 Å². The van der Waals surface area contributed by atoms with Crippen molar-refractivity contribution in [3.8, 4) is 6.07 Å². The van der Waals surface area contributed by atoms with E-state index in [1.165, 1.54) is 41.8 Å². The van der Waals surface area contributed by atoms with E-state index in [0.717, 1.165) is 19.3 Å². The summed E-state index contributed by atoms with van der Waals surface area (Å²) in [5.41, 5.74) is 4.40. The molecule has 1 amide bonds. The third-order valence-electron chi connectivity index (χ3n) is 5.16. The van der Waals surface area contributed by atoms with Gasteiger partial charge in [-0.2, -0.15) is 5.26 Å². The van der Waals surface area contributed by atoms with Crippen LogP contribution < -0.4 is 10.6 Å². The van der Waals surface area contributed by atoms with Gasteiger partial charge in [0.05, 0.1) is 16.8 Å². The van der Waals surface area contributed by atoms with Gasteiger partial charge in [-0.25, -0.2) is 0 Å². The predicted molar refractivity (Wildman–Crippen MR) is 118 cm³/mol. The van der Waals surface area contributed by atoms with E-state index in [9.17, 15) is 10.1 Å². The molecular weight excluding hydrogens is 405 g/mol. The van der Waals surface area contributed by atoms with E-state index in [1.807, 2.05) is 6.07 Å². The monoisotopic (exact) mass is 427 g/mol. The molecule has 2 N–H and O–H groups in total. The Kier molecular flexibility index (Phi) is 7.19. The number of amides is 1. The summed E-state index contributed by atoms with van der Waals surface area (Å²) in [5.74, 6) is -0.524. The minimum Gasteiger partial charge on any atom is -0.383 e. The molecule has 0 fully saturated rings. The van der Waals surface area contributed by atoms with Crippen LogP contribution in [0.5, 0.6) is 0 Å². The molecule has 1 unspecified atom stereocenters. The lowest BCUT2D eigenvalue weighted by atomic mass is 9.89. The fraction of sp³-hybridized carbons (Fsp3) is 0.304. The number of rotatable bonds is 6. The molecule has 4 nitrogen and oxygen atoms in total. The SMILES string of the molecule is CCC(N/C=C(/C#N)C(=O)Nc1ccc(Cl)cc1Cl)c1ccc2c(c1)CCCC2. The number of anilines is 1. The zero-order valence-electron chi connectivity index (χ0n) is 16.3. The van der Waals surface area contributed by atoms with Gasteiger partial charge < -0.3 is 10.6 Å². The van der Waals surface area contributed by atoms with Crippen molar-refractivity contribution in [1.82, 2.24) is 5.32 Å². The summed E-state index contributed by atoms with van der Waals surface area (Å²) in [6.45, 7) is 2.07. The molecule has 0 spiro atoms. The second-order valence-electron chi connectivity index (χ2n) is 7.11. The minimum atomic E-state index is -0.524. The highest BCUT2D eigenvalue weighted by molar-refractivity contribution is 6.36. The normalized spacial score (nSPS) is 14.5. The lowest BCUT2D eigenvalue weighted by Crippen LogP contribution is -2.20. The fourth-order valence-electron chi connectivity index (χ4n) is 3.53. The largest absolute Gasteiger partial charge is 0.383 e. The van der Waals surface area contributed by atoms with Gasteiger partial charge in [-0.15, -0.1) is 0 Å². The maximum absolute atomic E-state index is 12.5. The van der Waals surface area contributed by atoms with Crippen molar-refractivity contribution in [2.45, 2.75) is 45.1 Å². The molecule has 6 heteroatoms. The average molecular weight is 428 g/mol. The molecule has 3 rings (SSSR count). The quantitative estimate of drug-likeness (QED) is 0.441. The van der Waals surface area contributed by atoms with Crippen molar-refractivity contribution >= 4 is 34.8 Å². The van der Waals surface area contributed by atoms with Crippen LogP contribution in [0.4, 0.5) is 5.69 Å². The zero-order valence-corrected chi connectivity index (χ0v) is 17.8. The maximum Gasteiger partial charge on any atom is 0.267 e. The predicted octanol–water partition coefficient (Wildman–Crippen LogP) is 5.96. The minimum absolute atomic E-state index is 0.0209. The second-order valence-corrected chi connectivity index (χ2v) is 7.95. The van der Waals surface area contributed by atoms with E-state index in [0.29, 0.717) is 15.7 Å². The van der Waals surface area contributed by atoms with Crippen molar-refractivity contribution in [1.29, 1.82) is 5.26 Å². The smallest absolute Gasteiger partial charge is 0.267 e. The Bertz CT molecular complexity index is 979. The third kappa shape index (κ3) is 5.32. The van der Waals surface area contributed by atoms with Gasteiger partial charge in [-0.05, 0) is 67.0 Å². The Balaban J connectivity index is 1.72. The molecule has 150 valence electrons. The number of hydrogen-bond donors (Lipinski definition) is 2. The Morgan fingerprint density at radius 3 is 2.62 bits per heavy atom. The lowest BCUT2D eigenvalue weighted by Gasteiger charge is -2.21. The van der Waals surface area contributed by atoms with E-state index in [1.54, 1.807) is 12.1 Å². The van der Waals surface area contributed by atoms with Crippen LogP contribution in [0.25, 0.3) is 0 Å². The number of halogens is 2. The summed E-state index contributed by atoms with van der Waals surface area (Å²) < 4.78 is 0. The lowest BCUT2D eigenvalue weighted by molar-refractivity contribution is -0.112. The van der Waals surface area contributed by atoms with Crippen molar-refractivity contribution in [3.63, 3.8) is 0 Å². The van der Waals surface area contributed by atoms with Gasteiger partial charge in [0.25, 0.3) is 5.91 Å². The molecule has 0 saturated carbocycles. The van der Waals surface area contributed by atoms with Crippen LogP contribution >= 0.6 is 23.2 Å². The summed E-state index contributed by atoms with van der Waals surface area (Å²) >= 11 is 12.0. The highest BCUT2D eigenvalue weighted by atomic mass is 35.5. The fourth-order valence-corrected chi connectivity index (χ4v) is 3.99. The maximum atomic E-state index is 12.5. The molecule has 1 aliphatic carbocycles.